The van der Waals surface area contributed by atoms with Crippen molar-refractivity contribution in [3.05, 3.63) is 140 Å². The van der Waals surface area contributed by atoms with Gasteiger partial charge in [-0.25, -0.2) is 4.79 Å². The molecular weight excluding hydrogens is 774 g/mol. The highest BCUT2D eigenvalue weighted by Crippen LogP contribution is 2.56. The summed E-state index contributed by atoms with van der Waals surface area (Å²) in [7, 11) is -1.95. The van der Waals surface area contributed by atoms with Crippen molar-refractivity contribution < 1.29 is 40.7 Å². The van der Waals surface area contributed by atoms with E-state index in [0.29, 0.717) is 0 Å². The summed E-state index contributed by atoms with van der Waals surface area (Å²) in [5, 5.41) is 12.5. The lowest BCUT2D eigenvalue weighted by molar-refractivity contribution is -0.798. The van der Waals surface area contributed by atoms with E-state index in [9.17, 15) is 32.8 Å². The minimum absolute atomic E-state index is 0.00537. The highest BCUT2D eigenvalue weighted by Gasteiger charge is 2.53. The zero-order valence-corrected chi connectivity index (χ0v) is 34.0. The fourth-order valence-corrected chi connectivity index (χ4v) is 9.19. The zero-order valence-electron chi connectivity index (χ0n) is 33.1. The second-order valence-electron chi connectivity index (χ2n) is 14.5. The lowest BCUT2D eigenvalue weighted by atomic mass is 9.80. The van der Waals surface area contributed by atoms with Gasteiger partial charge in [-0.2, -0.15) is 17.4 Å². The van der Waals surface area contributed by atoms with Crippen molar-refractivity contribution in [1.82, 2.24) is 14.9 Å². The van der Waals surface area contributed by atoms with Crippen LogP contribution in [0, 0.1) is 11.5 Å². The summed E-state index contributed by atoms with van der Waals surface area (Å²) in [5.74, 6) is -2.08. The number of amides is 1. The van der Waals surface area contributed by atoms with Crippen molar-refractivity contribution in [2.45, 2.75) is 96.2 Å². The lowest BCUT2D eigenvalue weighted by Crippen LogP contribution is -2.51. The van der Waals surface area contributed by atoms with Gasteiger partial charge in [-0.15, -0.1) is 5.26 Å². The molecule has 16 heteroatoms. The second-order valence-corrected chi connectivity index (χ2v) is 16.1. The number of H-pyrrole nitrogens is 1. The first-order valence-electron chi connectivity index (χ1n) is 19.2. The number of aryl methyl sites for hydroxylation is 1. The number of aromatic nitrogens is 2. The number of nitrogens with zero attached hydrogens (tertiary/aromatic N) is 3. The second kappa shape index (κ2) is 19.4. The van der Waals surface area contributed by atoms with Crippen molar-refractivity contribution in [2.75, 3.05) is 19.8 Å². The molecule has 1 aromatic heterocycles. The highest BCUT2D eigenvalue weighted by atomic mass is 31.2. The number of ether oxygens (including phenoxy) is 2. The van der Waals surface area contributed by atoms with Gasteiger partial charge < -0.3 is 14.8 Å². The van der Waals surface area contributed by atoms with Gasteiger partial charge in [0.05, 0.1) is 13.2 Å². The number of aromatic amines is 1. The van der Waals surface area contributed by atoms with E-state index in [4.69, 9.17) is 18.5 Å². The molecule has 0 aliphatic carbocycles. The molecule has 5 rings (SSSR count). The molecule has 4 aromatic rings. The SMILES string of the molecule is CCOP(O[C@H]1C[C@H](n2cc(CCCNC(=O)C(F)(F)F)c(=O)[nH]c2=O)O[C@@H]1COC(c1ccccc1)(c1ccccc1)c1ccccc1)[N+](C#N)(C(C)C)C(C)C. The minimum atomic E-state index is -5.04. The summed E-state index contributed by atoms with van der Waals surface area (Å²) in [6.07, 6.45) is -3.82. The van der Waals surface area contributed by atoms with Crippen LogP contribution in [0.3, 0.4) is 0 Å². The van der Waals surface area contributed by atoms with Crippen molar-refractivity contribution in [1.29, 1.82) is 5.26 Å². The molecule has 1 aliphatic heterocycles. The van der Waals surface area contributed by atoms with Gasteiger partial charge in [0.25, 0.3) is 5.56 Å². The number of nitriles is 1. The maximum atomic E-state index is 13.4. The van der Waals surface area contributed by atoms with Crippen molar-refractivity contribution in [2.24, 2.45) is 0 Å². The molecule has 1 unspecified atom stereocenters. The molecule has 58 heavy (non-hydrogen) atoms. The molecule has 2 N–H and O–H groups in total. The molecule has 4 atom stereocenters. The average molecular weight is 825 g/mol. The van der Waals surface area contributed by atoms with Crippen LogP contribution in [0.15, 0.2) is 107 Å². The van der Waals surface area contributed by atoms with Gasteiger partial charge in [-0.3, -0.25) is 28.2 Å². The quantitative estimate of drug-likeness (QED) is 0.0464. The average Bonchev–Trinajstić information content (AvgIpc) is 3.60. The van der Waals surface area contributed by atoms with E-state index in [1.54, 1.807) is 5.32 Å². The van der Waals surface area contributed by atoms with Crippen LogP contribution in [-0.2, 0) is 35.3 Å². The Hall–Kier alpha value is -4.68. The fourth-order valence-electron chi connectivity index (χ4n) is 7.28. The van der Waals surface area contributed by atoms with E-state index in [-0.39, 0.29) is 60.9 Å². The summed E-state index contributed by atoms with van der Waals surface area (Å²) in [5.41, 5.74) is 0.0459. The Morgan fingerprint density at radius 1 is 0.966 bits per heavy atom. The Bertz CT molecular complexity index is 2010. The normalized spacial score (nSPS) is 18.0. The van der Waals surface area contributed by atoms with Gasteiger partial charge in [0.15, 0.2) is 0 Å². The molecule has 1 aliphatic rings. The monoisotopic (exact) mass is 824 g/mol. The third-order valence-electron chi connectivity index (χ3n) is 10.2. The molecule has 1 amide bonds. The van der Waals surface area contributed by atoms with E-state index < -0.39 is 55.9 Å². The summed E-state index contributed by atoms with van der Waals surface area (Å²) < 4.78 is 66.1. The first-order chi connectivity index (χ1) is 27.7. The molecule has 3 aromatic carbocycles. The third-order valence-corrected chi connectivity index (χ3v) is 12.7. The predicted octanol–water partition coefficient (Wildman–Crippen LogP) is 7.21. The Balaban J connectivity index is 1.55. The van der Waals surface area contributed by atoms with Gasteiger partial charge in [0, 0.05) is 24.7 Å². The van der Waals surface area contributed by atoms with Crippen LogP contribution in [0.1, 0.15) is 75.9 Å². The zero-order chi connectivity index (χ0) is 42.1. The molecular formula is C42H50F3N5O7P+. The van der Waals surface area contributed by atoms with Crippen LogP contribution in [0.5, 0.6) is 0 Å². The van der Waals surface area contributed by atoms with Gasteiger partial charge >= 0.3 is 32.5 Å². The fraction of sp³-hybridized carbons (Fsp3) is 0.429. The molecule has 310 valence electrons. The third kappa shape index (κ3) is 9.60. The van der Waals surface area contributed by atoms with Crippen LogP contribution in [0.2, 0.25) is 0 Å². The Kier molecular flexibility index (Phi) is 14.8. The molecule has 12 nitrogen and oxygen atoms in total. The number of nitrogens with one attached hydrogen (secondary N) is 2. The van der Waals surface area contributed by atoms with E-state index in [0.717, 1.165) is 16.7 Å². The van der Waals surface area contributed by atoms with Gasteiger partial charge in [0.2, 0.25) is 0 Å². The topological polar surface area (TPSA) is 145 Å². The molecule has 1 saturated heterocycles. The van der Waals surface area contributed by atoms with Crippen molar-refractivity contribution in [3.8, 4) is 6.19 Å². The van der Waals surface area contributed by atoms with Crippen LogP contribution in [0.25, 0.3) is 0 Å². The lowest BCUT2D eigenvalue weighted by Gasteiger charge is -2.41. The molecule has 0 spiro atoms. The first-order valence-corrected chi connectivity index (χ1v) is 20.4. The van der Waals surface area contributed by atoms with Crippen molar-refractivity contribution in [3.63, 3.8) is 0 Å². The number of carbonyl (C=O) groups excluding carboxylic acids is 1. The number of quaternary nitrogens is 1. The van der Waals surface area contributed by atoms with E-state index in [1.807, 2.05) is 126 Å². The van der Waals surface area contributed by atoms with E-state index in [1.165, 1.54) is 10.8 Å². The van der Waals surface area contributed by atoms with E-state index in [2.05, 4.69) is 11.2 Å². The number of carbonyl (C=O) groups is 1. The number of hydrogen-bond acceptors (Lipinski definition) is 8. The molecule has 2 heterocycles. The highest BCUT2D eigenvalue weighted by molar-refractivity contribution is 7.41. The molecule has 0 radical (unpaired) electrons. The summed E-state index contributed by atoms with van der Waals surface area (Å²) in [6, 6.07) is 28.9. The van der Waals surface area contributed by atoms with Crippen molar-refractivity contribution >= 4 is 14.4 Å². The van der Waals surface area contributed by atoms with Crippen LogP contribution in [0.4, 0.5) is 13.2 Å². The maximum Gasteiger partial charge on any atom is 0.471 e. The Morgan fingerprint density at radius 3 is 1.97 bits per heavy atom. The van der Waals surface area contributed by atoms with Crippen LogP contribution in [-0.4, -0.2) is 69.9 Å². The summed E-state index contributed by atoms with van der Waals surface area (Å²) >= 11 is 0. The Labute approximate surface area is 337 Å². The maximum absolute atomic E-state index is 13.4. The molecule has 1 fully saturated rings. The number of rotatable bonds is 18. The molecule has 0 saturated carbocycles. The number of hydrogen-bond donors (Lipinski definition) is 2. The van der Waals surface area contributed by atoms with E-state index >= 15 is 0 Å². The van der Waals surface area contributed by atoms with Crippen LogP contribution >= 0.6 is 8.53 Å². The molecule has 0 bridgehead atoms. The summed E-state index contributed by atoms with van der Waals surface area (Å²) in [6.45, 7) is 9.40. The number of halogens is 3. The largest absolute Gasteiger partial charge is 0.471 e. The number of benzene rings is 3. The minimum Gasteiger partial charge on any atom is -0.358 e. The summed E-state index contributed by atoms with van der Waals surface area (Å²) in [4.78, 5) is 39.9. The first kappa shape index (κ1) is 44.4. The standard InChI is InChI=1S/C42H49F3N5O7P/c1-6-55-58(50(28-46,29(2)3)30(4)5)57-35-25-37(49-26-31(38(51)48-40(49)53)17-16-24-47-39(52)42(43,44)45)56-36(35)27-54-41(32-18-10-7-11-19-32,33-20-12-8-13-21-33)34-22-14-9-15-23-34/h7-15,18-23,26,29-30,35-37H,6,16-17,24-25,27H2,1-5H3,(H-,47,48,51,52,53)/p+1/t35-,36+,37+,58?/m0/s1. The van der Waals surface area contributed by atoms with Gasteiger partial charge in [-0.1, -0.05) is 91.0 Å². The predicted molar refractivity (Wildman–Crippen MR) is 212 cm³/mol. The van der Waals surface area contributed by atoms with Gasteiger partial charge in [-0.05, 0) is 64.2 Å². The number of alkyl halides is 3. The van der Waals surface area contributed by atoms with Crippen LogP contribution < -0.4 is 16.6 Å². The van der Waals surface area contributed by atoms with Gasteiger partial charge in [0.1, 0.15) is 36.1 Å². The smallest absolute Gasteiger partial charge is 0.358 e. The Morgan fingerprint density at radius 2 is 1.50 bits per heavy atom.